The van der Waals surface area contributed by atoms with Gasteiger partial charge in [-0.15, -0.1) is 0 Å². The van der Waals surface area contributed by atoms with E-state index in [1.807, 2.05) is 14.1 Å². The quantitative estimate of drug-likeness (QED) is 0.346. The zero-order valence-electron chi connectivity index (χ0n) is 8.73. The first kappa shape index (κ1) is 12.9. The third kappa shape index (κ3) is 7.54. The Balaban J connectivity index is 3.60. The van der Waals surface area contributed by atoms with Gasteiger partial charge in [-0.1, -0.05) is 0 Å². The van der Waals surface area contributed by atoms with E-state index in [-0.39, 0.29) is 6.42 Å². The summed E-state index contributed by atoms with van der Waals surface area (Å²) in [7, 11) is 3.96. The van der Waals surface area contributed by atoms with Crippen LogP contribution >= 0.6 is 0 Å². The number of nitrogens with zero attached hydrogens (tertiary/aromatic N) is 1. The summed E-state index contributed by atoms with van der Waals surface area (Å²) in [6.45, 7) is 2.29. The van der Waals surface area contributed by atoms with Gasteiger partial charge in [0.1, 0.15) is 13.2 Å². The van der Waals surface area contributed by atoms with E-state index < -0.39 is 5.97 Å². The number of likely N-dealkylation sites (N-methyl/N-ethyl adjacent to an activating group) is 1. The molecule has 0 spiro atoms. The van der Waals surface area contributed by atoms with E-state index in [4.69, 9.17) is 5.11 Å². The van der Waals surface area contributed by atoms with Crippen molar-refractivity contribution in [2.75, 3.05) is 33.8 Å². The summed E-state index contributed by atoms with van der Waals surface area (Å²) in [5, 5.41) is 8.45. The predicted octanol–water partition coefficient (Wildman–Crippen LogP) is 0.101. The summed E-state index contributed by atoms with van der Waals surface area (Å²) >= 11 is 0. The number of carbonyl (C=O) groups is 2. The normalized spacial score (nSPS) is 11.0. The van der Waals surface area contributed by atoms with E-state index in [1.165, 1.54) is 0 Å². The lowest BCUT2D eigenvalue weighted by molar-refractivity contribution is -0.890. The van der Waals surface area contributed by atoms with Crippen LogP contribution in [-0.4, -0.2) is 55.8 Å². The van der Waals surface area contributed by atoms with Gasteiger partial charge in [-0.3, -0.25) is 9.59 Å². The molecule has 0 unspecified atom stereocenters. The highest BCUT2D eigenvalue weighted by Crippen LogP contribution is 2.01. The molecule has 0 atom stereocenters. The van der Waals surface area contributed by atoms with Crippen LogP contribution in [0.1, 0.15) is 12.8 Å². The maximum Gasteiger partial charge on any atom is 0.303 e. The first-order chi connectivity index (χ1) is 6.48. The molecular formula is C9H18NO4+. The second kappa shape index (κ2) is 6.37. The number of aliphatic carboxylic acids is 1. The first-order valence-corrected chi connectivity index (χ1v) is 4.57. The van der Waals surface area contributed by atoms with Gasteiger partial charge in [0.15, 0.2) is 0 Å². The minimum Gasteiger partial charge on any atom is -0.481 e. The maximum atomic E-state index is 10.3. The number of carboxylic acids is 1. The number of ether oxygens (including phenoxy) is 1. The summed E-state index contributed by atoms with van der Waals surface area (Å²) in [4.78, 5) is 20.2. The molecule has 82 valence electrons. The summed E-state index contributed by atoms with van der Waals surface area (Å²) < 4.78 is 5.25. The molecule has 5 heteroatoms. The van der Waals surface area contributed by atoms with E-state index in [0.717, 1.165) is 6.54 Å². The van der Waals surface area contributed by atoms with Crippen LogP contribution < -0.4 is 0 Å². The Morgan fingerprint density at radius 2 is 2.07 bits per heavy atom. The van der Waals surface area contributed by atoms with E-state index in [0.29, 0.717) is 30.5 Å². The molecule has 14 heavy (non-hydrogen) atoms. The van der Waals surface area contributed by atoms with Gasteiger partial charge in [-0.05, 0) is 0 Å². The van der Waals surface area contributed by atoms with Crippen molar-refractivity contribution in [1.82, 2.24) is 0 Å². The molecule has 5 nitrogen and oxygen atoms in total. The van der Waals surface area contributed by atoms with E-state index >= 15 is 0 Å². The molecule has 0 bridgehead atoms. The van der Waals surface area contributed by atoms with Crippen molar-refractivity contribution < 1.29 is 23.9 Å². The molecule has 1 N–H and O–H groups in total. The van der Waals surface area contributed by atoms with Crippen molar-refractivity contribution in [3.8, 4) is 0 Å². The van der Waals surface area contributed by atoms with E-state index in [2.05, 4.69) is 4.74 Å². The van der Waals surface area contributed by atoms with Crippen molar-refractivity contribution in [1.29, 1.82) is 0 Å². The van der Waals surface area contributed by atoms with Crippen LogP contribution in [-0.2, 0) is 14.3 Å². The number of carboxylic acid groups (broad SMARTS) is 1. The highest BCUT2D eigenvalue weighted by Gasteiger charge is 2.14. The predicted molar refractivity (Wildman–Crippen MR) is 50.7 cm³/mol. The molecule has 0 aliphatic carbocycles. The Morgan fingerprint density at radius 1 is 1.43 bits per heavy atom. The van der Waals surface area contributed by atoms with E-state index in [1.54, 1.807) is 0 Å². The lowest BCUT2D eigenvalue weighted by Gasteiger charge is -2.28. The van der Waals surface area contributed by atoms with Crippen LogP contribution in [0.5, 0.6) is 0 Å². The molecule has 0 aliphatic heterocycles. The summed E-state index contributed by atoms with van der Waals surface area (Å²) in [6, 6.07) is 0. The fourth-order valence-corrected chi connectivity index (χ4v) is 1.12. The highest BCUT2D eigenvalue weighted by molar-refractivity contribution is 5.66. The Kier molecular flexibility index (Phi) is 5.87. The van der Waals surface area contributed by atoms with Gasteiger partial charge < -0.3 is 14.3 Å². The Labute approximate surface area is 83.9 Å². The van der Waals surface area contributed by atoms with Gasteiger partial charge >= 0.3 is 5.97 Å². The van der Waals surface area contributed by atoms with Crippen molar-refractivity contribution in [3.05, 3.63) is 0 Å². The molecule has 0 aromatic rings. The Hall–Kier alpha value is -1.10. The highest BCUT2D eigenvalue weighted by atomic mass is 16.5. The molecule has 0 amide bonds. The molecule has 0 aromatic carbocycles. The van der Waals surface area contributed by atoms with Crippen LogP contribution in [0.2, 0.25) is 0 Å². The second-order valence-corrected chi connectivity index (χ2v) is 3.85. The smallest absolute Gasteiger partial charge is 0.303 e. The van der Waals surface area contributed by atoms with Gasteiger partial charge in [0.2, 0.25) is 0 Å². The minimum atomic E-state index is -0.769. The van der Waals surface area contributed by atoms with Crippen molar-refractivity contribution >= 4 is 12.4 Å². The lowest BCUT2D eigenvalue weighted by Crippen LogP contribution is -2.43. The average Bonchev–Trinajstić information content (AvgIpc) is 2.03. The van der Waals surface area contributed by atoms with Crippen LogP contribution in [0.15, 0.2) is 0 Å². The maximum absolute atomic E-state index is 10.3. The number of hydrogen-bond acceptors (Lipinski definition) is 3. The first-order valence-electron chi connectivity index (χ1n) is 4.57. The molecule has 0 fully saturated rings. The van der Waals surface area contributed by atoms with Gasteiger partial charge in [-0.2, -0.15) is 0 Å². The molecule has 0 saturated heterocycles. The molecule has 0 aromatic heterocycles. The van der Waals surface area contributed by atoms with Gasteiger partial charge in [0.25, 0.3) is 6.47 Å². The van der Waals surface area contributed by atoms with Crippen LogP contribution in [0, 0.1) is 0 Å². The Bertz CT molecular complexity index is 191. The van der Waals surface area contributed by atoms with Gasteiger partial charge in [-0.25, -0.2) is 0 Å². The SMILES string of the molecule is C[N+](C)(CCCC(=O)O)CCOC=O. The van der Waals surface area contributed by atoms with Crippen molar-refractivity contribution in [3.63, 3.8) is 0 Å². The third-order valence-electron chi connectivity index (χ3n) is 2.04. The number of rotatable bonds is 8. The molecular weight excluding hydrogens is 186 g/mol. The topological polar surface area (TPSA) is 63.6 Å². The van der Waals surface area contributed by atoms with Crippen LogP contribution in [0.4, 0.5) is 0 Å². The van der Waals surface area contributed by atoms with Crippen LogP contribution in [0.3, 0.4) is 0 Å². The summed E-state index contributed by atoms with van der Waals surface area (Å²) in [5.74, 6) is -0.769. The fourth-order valence-electron chi connectivity index (χ4n) is 1.12. The number of quaternary nitrogens is 1. The molecule has 0 rings (SSSR count). The van der Waals surface area contributed by atoms with Crippen molar-refractivity contribution in [2.24, 2.45) is 0 Å². The summed E-state index contributed by atoms with van der Waals surface area (Å²) in [6.07, 6.45) is 0.833. The Morgan fingerprint density at radius 3 is 2.57 bits per heavy atom. The fraction of sp³-hybridized carbons (Fsp3) is 0.778. The molecule has 0 saturated carbocycles. The molecule has 0 heterocycles. The third-order valence-corrected chi connectivity index (χ3v) is 2.04. The van der Waals surface area contributed by atoms with Crippen molar-refractivity contribution in [2.45, 2.75) is 12.8 Å². The monoisotopic (exact) mass is 204 g/mol. The zero-order chi connectivity index (χ0) is 11.0. The average molecular weight is 204 g/mol. The van der Waals surface area contributed by atoms with Gasteiger partial charge in [0.05, 0.1) is 27.1 Å². The standard InChI is InChI=1S/C9H17NO4/c1-10(2,6-7-14-8-11)5-3-4-9(12)13/h8H,3-7H2,1-2H3/p+1. The number of hydrogen-bond donors (Lipinski definition) is 1. The molecule has 0 aliphatic rings. The second-order valence-electron chi connectivity index (χ2n) is 3.85. The largest absolute Gasteiger partial charge is 0.481 e. The molecule has 0 radical (unpaired) electrons. The van der Waals surface area contributed by atoms with Gasteiger partial charge in [0, 0.05) is 6.42 Å². The lowest BCUT2D eigenvalue weighted by atomic mass is 10.3. The zero-order valence-corrected chi connectivity index (χ0v) is 8.73. The minimum absolute atomic E-state index is 0.191. The summed E-state index contributed by atoms with van der Waals surface area (Å²) in [5.41, 5.74) is 0. The number of carbonyl (C=O) groups excluding carboxylic acids is 1. The van der Waals surface area contributed by atoms with Crippen LogP contribution in [0.25, 0.3) is 0 Å². The van der Waals surface area contributed by atoms with E-state index in [9.17, 15) is 9.59 Å².